The van der Waals surface area contributed by atoms with E-state index < -0.39 is 0 Å². The van der Waals surface area contributed by atoms with Crippen molar-refractivity contribution in [1.82, 2.24) is 10.6 Å². The Bertz CT molecular complexity index is 270. The molecule has 0 aromatic rings. The number of hydrogen-bond donors (Lipinski definition) is 3. The Morgan fingerprint density at radius 1 is 1.09 bits per heavy atom. The van der Waals surface area contributed by atoms with Crippen molar-refractivity contribution in [3.05, 3.63) is 0 Å². The molecule has 6 heteroatoms. The molecule has 0 aromatic carbocycles. The van der Waals surface area contributed by atoms with Gasteiger partial charge in [0, 0.05) is 32.5 Å². The fourth-order valence-corrected chi connectivity index (χ4v) is 1.36. The summed E-state index contributed by atoms with van der Waals surface area (Å²) in [5, 5.41) is 14.0. The lowest BCUT2D eigenvalue weighted by molar-refractivity contribution is -0.121. The zero-order chi connectivity index (χ0) is 17.5. The average Bonchev–Trinajstić information content (AvgIpc) is 2.29. The van der Waals surface area contributed by atoms with E-state index in [0.717, 1.165) is 13.0 Å². The molecule has 0 aliphatic heterocycles. The van der Waals surface area contributed by atoms with Crippen LogP contribution in [-0.4, -0.2) is 35.6 Å². The summed E-state index contributed by atoms with van der Waals surface area (Å²) in [5.74, 6) is 0.686. The van der Waals surface area contributed by atoms with Crippen LogP contribution < -0.4 is 10.6 Å². The molecule has 0 aliphatic carbocycles. The Morgan fingerprint density at radius 2 is 1.55 bits per heavy atom. The first-order valence-electron chi connectivity index (χ1n) is 7.74. The minimum atomic E-state index is -0.277. The molecule has 0 fully saturated rings. The number of nitrogens with one attached hydrogen (secondary N) is 2. The van der Waals surface area contributed by atoms with Crippen LogP contribution in [0.2, 0.25) is 0 Å². The highest BCUT2D eigenvalue weighted by Crippen LogP contribution is 2.06. The highest BCUT2D eigenvalue weighted by Gasteiger charge is 2.16. The number of carbonyl (C=O) groups excluding carboxylic acids is 2. The molecule has 2 amide bonds. The van der Waals surface area contributed by atoms with Crippen molar-refractivity contribution in [2.75, 3.05) is 13.2 Å². The van der Waals surface area contributed by atoms with Crippen LogP contribution >= 0.6 is 13.5 Å². The molecule has 0 radical (unpaired) electrons. The van der Waals surface area contributed by atoms with E-state index in [0.29, 0.717) is 12.3 Å². The van der Waals surface area contributed by atoms with Gasteiger partial charge < -0.3 is 15.7 Å². The molecule has 5 nitrogen and oxygen atoms in total. The number of aliphatic hydroxyl groups is 1. The van der Waals surface area contributed by atoms with Gasteiger partial charge in [-0.05, 0) is 32.6 Å². The van der Waals surface area contributed by atoms with Crippen molar-refractivity contribution in [3.8, 4) is 0 Å². The quantitative estimate of drug-likeness (QED) is 0.696. The molecule has 3 N–H and O–H groups in total. The third-order valence-electron chi connectivity index (χ3n) is 2.35. The number of aliphatic hydroxyl groups excluding tert-OH is 1. The smallest absolute Gasteiger partial charge is 0.217 e. The van der Waals surface area contributed by atoms with Gasteiger partial charge >= 0.3 is 0 Å². The number of rotatable bonds is 6. The maximum Gasteiger partial charge on any atom is 0.217 e. The second kappa shape index (κ2) is 18.3. The zero-order valence-corrected chi connectivity index (χ0v) is 16.7. The number of carbonyl (C=O) groups is 2. The zero-order valence-electron chi connectivity index (χ0n) is 15.7. The van der Waals surface area contributed by atoms with Crippen LogP contribution in [0.15, 0.2) is 0 Å². The van der Waals surface area contributed by atoms with Gasteiger partial charge in [-0.2, -0.15) is 13.5 Å². The Labute approximate surface area is 144 Å². The average molecular weight is 339 g/mol. The highest BCUT2D eigenvalue weighted by atomic mass is 32.1. The third kappa shape index (κ3) is 31.6. The topological polar surface area (TPSA) is 78.4 Å². The fourth-order valence-electron chi connectivity index (χ4n) is 1.36. The van der Waals surface area contributed by atoms with Crippen molar-refractivity contribution >= 4 is 25.3 Å². The van der Waals surface area contributed by atoms with Crippen molar-refractivity contribution in [2.24, 2.45) is 5.92 Å². The summed E-state index contributed by atoms with van der Waals surface area (Å²) in [6.45, 7) is 16.0. The van der Waals surface area contributed by atoms with Gasteiger partial charge in [0.1, 0.15) is 0 Å². The van der Waals surface area contributed by atoms with Crippen LogP contribution in [0.25, 0.3) is 0 Å². The van der Waals surface area contributed by atoms with E-state index in [1.165, 1.54) is 6.92 Å². The summed E-state index contributed by atoms with van der Waals surface area (Å²) in [6.07, 6.45) is 1.66. The molecule has 0 unspecified atom stereocenters. The first-order valence-corrected chi connectivity index (χ1v) is 7.74. The van der Waals surface area contributed by atoms with E-state index in [2.05, 4.69) is 24.5 Å². The van der Waals surface area contributed by atoms with Crippen LogP contribution in [0, 0.1) is 5.92 Å². The molecule has 0 rings (SSSR count). The summed E-state index contributed by atoms with van der Waals surface area (Å²) in [6, 6.07) is 0. The molecular weight excluding hydrogens is 300 g/mol. The highest BCUT2D eigenvalue weighted by molar-refractivity contribution is 7.59. The van der Waals surface area contributed by atoms with Crippen molar-refractivity contribution < 1.29 is 14.7 Å². The minimum Gasteiger partial charge on any atom is -0.396 e. The van der Waals surface area contributed by atoms with Crippen molar-refractivity contribution in [3.63, 3.8) is 0 Å². The molecule has 0 bridgehead atoms. The van der Waals surface area contributed by atoms with Gasteiger partial charge in [0.15, 0.2) is 0 Å². The maximum absolute atomic E-state index is 10.5. The van der Waals surface area contributed by atoms with Gasteiger partial charge in [0.05, 0.1) is 0 Å². The first kappa shape index (κ1) is 29.3. The Hall–Kier alpha value is -0.750. The Balaban J connectivity index is -0.000000127. The van der Waals surface area contributed by atoms with Crippen LogP contribution in [-0.2, 0) is 9.59 Å². The van der Waals surface area contributed by atoms with Gasteiger partial charge in [0.25, 0.3) is 0 Å². The van der Waals surface area contributed by atoms with E-state index in [1.54, 1.807) is 6.92 Å². The van der Waals surface area contributed by atoms with E-state index in [1.807, 2.05) is 27.7 Å². The van der Waals surface area contributed by atoms with E-state index in [-0.39, 0.29) is 37.5 Å². The molecule has 0 aromatic heterocycles. The SMILES string of the molecule is CC.CC(=O)NC(C)(C)CCO.CC(=O)NCCC(C)C.S. The molecular formula is C16H38N2O3S. The van der Waals surface area contributed by atoms with Gasteiger partial charge in [-0.15, -0.1) is 0 Å². The minimum absolute atomic E-state index is 0. The Morgan fingerprint density at radius 3 is 1.82 bits per heavy atom. The lowest BCUT2D eigenvalue weighted by Crippen LogP contribution is -2.42. The first-order chi connectivity index (χ1) is 9.60. The maximum atomic E-state index is 10.5. The van der Waals surface area contributed by atoms with E-state index in [9.17, 15) is 9.59 Å². The number of hydrogen-bond acceptors (Lipinski definition) is 3. The van der Waals surface area contributed by atoms with Crippen LogP contribution in [0.3, 0.4) is 0 Å². The summed E-state index contributed by atoms with van der Waals surface area (Å²) >= 11 is 0. The van der Waals surface area contributed by atoms with Crippen molar-refractivity contribution in [2.45, 2.75) is 73.8 Å². The second-order valence-corrected chi connectivity index (χ2v) is 5.70. The van der Waals surface area contributed by atoms with Crippen LogP contribution in [0.1, 0.15) is 68.2 Å². The molecule has 0 heterocycles. The largest absolute Gasteiger partial charge is 0.396 e. The molecule has 136 valence electrons. The predicted octanol–water partition coefficient (Wildman–Crippen LogP) is 2.59. The summed E-state index contributed by atoms with van der Waals surface area (Å²) in [5.41, 5.74) is -0.277. The molecule has 0 atom stereocenters. The van der Waals surface area contributed by atoms with Gasteiger partial charge in [0.2, 0.25) is 11.8 Å². The molecule has 22 heavy (non-hydrogen) atoms. The number of amides is 2. The summed E-state index contributed by atoms with van der Waals surface area (Å²) < 4.78 is 0. The lowest BCUT2D eigenvalue weighted by atomic mass is 10.0. The van der Waals surface area contributed by atoms with Gasteiger partial charge in [-0.3, -0.25) is 9.59 Å². The molecule has 0 aliphatic rings. The third-order valence-corrected chi connectivity index (χ3v) is 2.35. The van der Waals surface area contributed by atoms with Crippen LogP contribution in [0.4, 0.5) is 0 Å². The molecule has 0 spiro atoms. The van der Waals surface area contributed by atoms with Crippen molar-refractivity contribution in [1.29, 1.82) is 0 Å². The lowest BCUT2D eigenvalue weighted by Gasteiger charge is -2.24. The summed E-state index contributed by atoms with van der Waals surface area (Å²) in [4.78, 5) is 20.9. The second-order valence-electron chi connectivity index (χ2n) is 5.70. The van der Waals surface area contributed by atoms with Crippen LogP contribution in [0.5, 0.6) is 0 Å². The van der Waals surface area contributed by atoms with Gasteiger partial charge in [-0.1, -0.05) is 27.7 Å². The van der Waals surface area contributed by atoms with Gasteiger partial charge in [-0.25, -0.2) is 0 Å². The molecule has 0 saturated heterocycles. The molecule has 0 saturated carbocycles. The standard InChI is InChI=1S/C7H15NO2.C7H15NO.C2H6.H2S/c1-6(10)8-7(2,3)4-5-9;1-6(2)4-5-8-7(3)9;1-2;/h9H,4-5H2,1-3H3,(H,8,10);6H,4-5H2,1-3H3,(H,8,9);1-2H3;1H2. The Kier molecular flexibility index (Phi) is 24.4. The summed E-state index contributed by atoms with van der Waals surface area (Å²) in [7, 11) is 0. The van der Waals surface area contributed by atoms with E-state index in [4.69, 9.17) is 5.11 Å². The predicted molar refractivity (Wildman–Crippen MR) is 99.5 cm³/mol. The fraction of sp³-hybridized carbons (Fsp3) is 0.875. The monoisotopic (exact) mass is 338 g/mol. The van der Waals surface area contributed by atoms with E-state index >= 15 is 0 Å². The normalized spacial score (nSPS) is 9.36.